The molecule has 0 spiro atoms. The van der Waals surface area contributed by atoms with Crippen molar-refractivity contribution in [2.75, 3.05) is 0 Å². The summed E-state index contributed by atoms with van der Waals surface area (Å²) in [6, 6.07) is 9.16. The molecule has 0 heterocycles. The van der Waals surface area contributed by atoms with Crippen LogP contribution in [0.25, 0.3) is 0 Å². The zero-order chi connectivity index (χ0) is 14.6. The summed E-state index contributed by atoms with van der Waals surface area (Å²) in [5, 5.41) is 0. The highest BCUT2D eigenvalue weighted by Gasteiger charge is 2.66. The van der Waals surface area contributed by atoms with Crippen molar-refractivity contribution in [3.05, 3.63) is 35.4 Å². The third-order valence-electron chi connectivity index (χ3n) is 5.52. The van der Waals surface area contributed by atoms with Crippen LogP contribution in [0.2, 0.25) is 0 Å². The molecule has 0 aliphatic heterocycles. The van der Waals surface area contributed by atoms with Gasteiger partial charge in [-0.3, -0.25) is 0 Å². The monoisotopic (exact) mass is 322 g/mol. The quantitative estimate of drug-likeness (QED) is 0.577. The molecule has 2 rings (SSSR count). The summed E-state index contributed by atoms with van der Waals surface area (Å²) < 4.78 is 0. The highest BCUT2D eigenvalue weighted by atomic mass is 79.9. The minimum absolute atomic E-state index is 0.235. The first-order valence-electron chi connectivity index (χ1n) is 7.24. The van der Waals surface area contributed by atoms with Gasteiger partial charge < -0.3 is 0 Å². The Morgan fingerprint density at radius 2 is 1.37 bits per heavy atom. The summed E-state index contributed by atoms with van der Waals surface area (Å²) in [6.07, 6.45) is 0. The van der Waals surface area contributed by atoms with Crippen LogP contribution in [0.15, 0.2) is 24.3 Å². The van der Waals surface area contributed by atoms with Gasteiger partial charge in [-0.1, -0.05) is 88.7 Å². The Bertz CT molecular complexity index is 445. The SMILES string of the molecule is CC(C)(C)c1ccc(C(Br)C2C(C)(C)C2(C)C)cc1. The second-order valence-electron chi connectivity index (χ2n) is 8.19. The minimum atomic E-state index is 0.235. The Balaban J connectivity index is 2.21. The van der Waals surface area contributed by atoms with Gasteiger partial charge in [-0.05, 0) is 33.3 Å². The van der Waals surface area contributed by atoms with E-state index >= 15 is 0 Å². The van der Waals surface area contributed by atoms with Crippen LogP contribution in [-0.4, -0.2) is 0 Å². The molecule has 1 aromatic rings. The van der Waals surface area contributed by atoms with E-state index in [1.54, 1.807) is 0 Å². The zero-order valence-corrected chi connectivity index (χ0v) is 14.9. The van der Waals surface area contributed by atoms with Gasteiger partial charge in [0, 0.05) is 4.83 Å². The van der Waals surface area contributed by atoms with Crippen molar-refractivity contribution in [1.82, 2.24) is 0 Å². The number of rotatable bonds is 2. The topological polar surface area (TPSA) is 0 Å². The number of benzene rings is 1. The molecule has 1 saturated carbocycles. The van der Waals surface area contributed by atoms with Crippen molar-refractivity contribution >= 4 is 15.9 Å². The van der Waals surface area contributed by atoms with Crippen LogP contribution in [0, 0.1) is 16.7 Å². The molecule has 0 saturated heterocycles. The summed E-state index contributed by atoms with van der Waals surface area (Å²) in [5.41, 5.74) is 3.90. The Morgan fingerprint density at radius 3 is 1.68 bits per heavy atom. The molecule has 1 aliphatic carbocycles. The molecule has 1 aromatic carbocycles. The lowest BCUT2D eigenvalue weighted by Gasteiger charge is -2.20. The lowest BCUT2D eigenvalue weighted by atomic mass is 9.86. The summed E-state index contributed by atoms with van der Waals surface area (Å²) in [4.78, 5) is 0.464. The van der Waals surface area contributed by atoms with E-state index in [1.165, 1.54) is 11.1 Å². The smallest absolute Gasteiger partial charge is 0.0434 e. The molecule has 1 aliphatic rings. The Kier molecular flexibility index (Phi) is 3.45. The number of hydrogen-bond acceptors (Lipinski definition) is 0. The van der Waals surface area contributed by atoms with Gasteiger partial charge in [-0.15, -0.1) is 0 Å². The first-order valence-corrected chi connectivity index (χ1v) is 8.15. The highest BCUT2D eigenvalue weighted by Crippen LogP contribution is 2.73. The van der Waals surface area contributed by atoms with Crippen molar-refractivity contribution in [3.63, 3.8) is 0 Å². The summed E-state index contributed by atoms with van der Waals surface area (Å²) in [5.74, 6) is 0.709. The fourth-order valence-corrected chi connectivity index (χ4v) is 4.97. The average molecular weight is 323 g/mol. The third kappa shape index (κ3) is 2.39. The summed E-state index contributed by atoms with van der Waals surface area (Å²) in [7, 11) is 0. The fourth-order valence-electron chi connectivity index (χ4n) is 3.34. The van der Waals surface area contributed by atoms with Gasteiger partial charge >= 0.3 is 0 Å². The summed E-state index contributed by atoms with van der Waals surface area (Å²) >= 11 is 3.94. The van der Waals surface area contributed by atoms with Crippen molar-refractivity contribution in [2.24, 2.45) is 16.7 Å². The number of halogens is 1. The van der Waals surface area contributed by atoms with Crippen LogP contribution in [-0.2, 0) is 5.41 Å². The Hall–Kier alpha value is -0.300. The van der Waals surface area contributed by atoms with Gasteiger partial charge in [0.25, 0.3) is 0 Å². The largest absolute Gasteiger partial charge is 0.0835 e. The van der Waals surface area contributed by atoms with Crippen LogP contribution in [0.1, 0.15) is 64.4 Å². The first-order chi connectivity index (χ1) is 8.49. The van der Waals surface area contributed by atoms with E-state index < -0.39 is 0 Å². The molecule has 0 nitrogen and oxygen atoms in total. The molecule has 19 heavy (non-hydrogen) atoms. The van der Waals surface area contributed by atoms with E-state index in [0.29, 0.717) is 21.6 Å². The Morgan fingerprint density at radius 1 is 0.947 bits per heavy atom. The molecule has 1 atom stereocenters. The second kappa shape index (κ2) is 4.35. The molecule has 1 unspecified atom stereocenters. The standard InChI is InChI=1S/C18H27Br/c1-16(2,3)13-10-8-12(9-11-13)14(19)15-17(4,5)18(15,6)7/h8-11,14-15H,1-7H3. The molecule has 106 valence electrons. The van der Waals surface area contributed by atoms with Gasteiger partial charge in [0.15, 0.2) is 0 Å². The maximum atomic E-state index is 3.94. The zero-order valence-electron chi connectivity index (χ0n) is 13.3. The van der Waals surface area contributed by atoms with E-state index in [1.807, 2.05) is 0 Å². The lowest BCUT2D eigenvalue weighted by molar-refractivity contribution is 0.457. The van der Waals surface area contributed by atoms with Crippen molar-refractivity contribution in [2.45, 2.75) is 58.7 Å². The van der Waals surface area contributed by atoms with Crippen LogP contribution < -0.4 is 0 Å². The van der Waals surface area contributed by atoms with Gasteiger partial charge in [-0.2, -0.15) is 0 Å². The minimum Gasteiger partial charge on any atom is -0.0835 e. The highest BCUT2D eigenvalue weighted by molar-refractivity contribution is 9.09. The van der Waals surface area contributed by atoms with Gasteiger partial charge in [-0.25, -0.2) is 0 Å². The van der Waals surface area contributed by atoms with Crippen LogP contribution in [0.3, 0.4) is 0 Å². The maximum Gasteiger partial charge on any atom is 0.0434 e. The van der Waals surface area contributed by atoms with E-state index in [0.717, 1.165) is 0 Å². The van der Waals surface area contributed by atoms with Gasteiger partial charge in [0.05, 0.1) is 0 Å². The fraction of sp³-hybridized carbons (Fsp3) is 0.667. The molecule has 0 N–H and O–H groups in total. The van der Waals surface area contributed by atoms with Crippen LogP contribution in [0.4, 0.5) is 0 Å². The molecular formula is C18H27Br. The maximum absolute atomic E-state index is 3.94. The molecule has 0 bridgehead atoms. The molecular weight excluding hydrogens is 296 g/mol. The van der Waals surface area contributed by atoms with Gasteiger partial charge in [0.1, 0.15) is 0 Å². The van der Waals surface area contributed by atoms with E-state index in [2.05, 4.69) is 88.7 Å². The van der Waals surface area contributed by atoms with Crippen LogP contribution in [0.5, 0.6) is 0 Å². The van der Waals surface area contributed by atoms with Crippen molar-refractivity contribution < 1.29 is 0 Å². The predicted octanol–water partition coefficient (Wildman–Crippen LogP) is 6.10. The Labute approximate surface area is 127 Å². The van der Waals surface area contributed by atoms with Crippen molar-refractivity contribution in [3.8, 4) is 0 Å². The average Bonchev–Trinajstić information content (AvgIpc) is 2.67. The van der Waals surface area contributed by atoms with E-state index in [9.17, 15) is 0 Å². The van der Waals surface area contributed by atoms with E-state index in [4.69, 9.17) is 0 Å². The molecule has 0 aromatic heterocycles. The molecule has 1 heteroatoms. The lowest BCUT2D eigenvalue weighted by Crippen LogP contribution is -2.11. The van der Waals surface area contributed by atoms with Gasteiger partial charge in [0.2, 0.25) is 0 Å². The predicted molar refractivity (Wildman–Crippen MR) is 87.9 cm³/mol. The molecule has 1 fully saturated rings. The summed E-state index contributed by atoms with van der Waals surface area (Å²) in [6.45, 7) is 16.3. The number of hydrogen-bond donors (Lipinski definition) is 0. The van der Waals surface area contributed by atoms with E-state index in [-0.39, 0.29) is 5.41 Å². The molecule has 0 radical (unpaired) electrons. The van der Waals surface area contributed by atoms with Crippen molar-refractivity contribution in [1.29, 1.82) is 0 Å². The normalized spacial score (nSPS) is 23.2. The molecule has 0 amide bonds. The number of alkyl halides is 1. The second-order valence-corrected chi connectivity index (χ2v) is 9.18. The van der Waals surface area contributed by atoms with Crippen LogP contribution >= 0.6 is 15.9 Å². The first kappa shape index (κ1) is 15.1. The third-order valence-corrected chi connectivity index (χ3v) is 6.58.